The van der Waals surface area contributed by atoms with E-state index in [1.54, 1.807) is 11.0 Å². The van der Waals surface area contributed by atoms with Gasteiger partial charge in [-0.1, -0.05) is 68.8 Å². The Morgan fingerprint density at radius 1 is 0.921 bits per heavy atom. The number of carboxylic acids is 1. The minimum absolute atomic E-state index is 0.0940. The third kappa shape index (κ3) is 7.03. The van der Waals surface area contributed by atoms with Crippen molar-refractivity contribution in [3.05, 3.63) is 100 Å². The summed E-state index contributed by atoms with van der Waals surface area (Å²) in [6.07, 6.45) is 5.76. The van der Waals surface area contributed by atoms with Crippen LogP contribution in [0, 0.1) is 0 Å². The maximum Gasteiger partial charge on any atom is 0.305 e. The number of aliphatic carboxylic acids is 1. The highest BCUT2D eigenvalue weighted by Crippen LogP contribution is 2.37. The molecule has 1 atom stereocenters. The van der Waals surface area contributed by atoms with E-state index < -0.39 is 5.97 Å². The number of ether oxygens (including phenoxy) is 1. The molecule has 0 aromatic heterocycles. The summed E-state index contributed by atoms with van der Waals surface area (Å²) in [6, 6.07) is 22.6. The van der Waals surface area contributed by atoms with Gasteiger partial charge in [-0.25, -0.2) is 0 Å². The van der Waals surface area contributed by atoms with E-state index in [2.05, 4.69) is 57.2 Å². The first-order valence-corrected chi connectivity index (χ1v) is 13.8. The molecule has 0 aliphatic carbocycles. The van der Waals surface area contributed by atoms with Gasteiger partial charge in [0, 0.05) is 31.5 Å². The quantitative estimate of drug-likeness (QED) is 0.295. The van der Waals surface area contributed by atoms with Gasteiger partial charge in [0.25, 0.3) is 5.91 Å². The van der Waals surface area contributed by atoms with Gasteiger partial charge in [-0.05, 0) is 72.2 Å². The first-order chi connectivity index (χ1) is 18.3. The van der Waals surface area contributed by atoms with Gasteiger partial charge in [0.05, 0.1) is 6.42 Å². The number of aryl methyl sites for hydroxylation is 2. The van der Waals surface area contributed by atoms with Crippen molar-refractivity contribution in [3.8, 4) is 5.75 Å². The molecule has 0 radical (unpaired) electrons. The van der Waals surface area contributed by atoms with Crippen molar-refractivity contribution in [2.75, 3.05) is 6.54 Å². The van der Waals surface area contributed by atoms with Crippen LogP contribution in [0.25, 0.3) is 0 Å². The summed E-state index contributed by atoms with van der Waals surface area (Å²) < 4.78 is 6.36. The molecule has 0 fully saturated rings. The van der Waals surface area contributed by atoms with E-state index >= 15 is 0 Å². The molecule has 1 N–H and O–H groups in total. The Hall–Kier alpha value is -3.60. The van der Waals surface area contributed by atoms with E-state index in [4.69, 9.17) is 4.74 Å². The van der Waals surface area contributed by atoms with Gasteiger partial charge >= 0.3 is 5.97 Å². The van der Waals surface area contributed by atoms with Crippen LogP contribution in [0.5, 0.6) is 5.75 Å². The van der Waals surface area contributed by atoms with Crippen molar-refractivity contribution in [1.82, 2.24) is 4.90 Å². The molecule has 0 bridgehead atoms. The van der Waals surface area contributed by atoms with Crippen molar-refractivity contribution in [2.24, 2.45) is 0 Å². The zero-order chi connectivity index (χ0) is 27.1. The molecular formula is C33H39NO4. The second-order valence-corrected chi connectivity index (χ2v) is 10.7. The lowest BCUT2D eigenvalue weighted by Crippen LogP contribution is -2.33. The number of nitrogens with zero attached hydrogens (tertiary/aromatic N) is 1. The first kappa shape index (κ1) is 27.4. The zero-order valence-corrected chi connectivity index (χ0v) is 22.8. The first-order valence-electron chi connectivity index (χ1n) is 13.8. The molecule has 0 saturated carbocycles. The summed E-state index contributed by atoms with van der Waals surface area (Å²) >= 11 is 0. The summed E-state index contributed by atoms with van der Waals surface area (Å²) in [5.74, 6) is -0.260. The normalized spacial score (nSPS) is 16.1. The van der Waals surface area contributed by atoms with Crippen LogP contribution in [0.2, 0.25) is 0 Å². The summed E-state index contributed by atoms with van der Waals surface area (Å²) in [7, 11) is 0. The Morgan fingerprint density at radius 3 is 2.24 bits per heavy atom. The Balaban J connectivity index is 1.47. The molecule has 5 heteroatoms. The van der Waals surface area contributed by atoms with Gasteiger partial charge < -0.3 is 14.7 Å². The maximum atomic E-state index is 13.6. The number of benzene rings is 3. The highest BCUT2D eigenvalue weighted by molar-refractivity contribution is 5.95. The van der Waals surface area contributed by atoms with Gasteiger partial charge in [0.2, 0.25) is 0 Å². The SMILES string of the molecule is CCCCc1ccc(CN(CCC(=O)O)C(=O)c2ccc3c(c2)C[C@](C)(Cc2ccc(CC)cc2)O3)cc1. The van der Waals surface area contributed by atoms with Gasteiger partial charge in [-0.2, -0.15) is 0 Å². The zero-order valence-electron chi connectivity index (χ0n) is 22.8. The predicted molar refractivity (Wildman–Crippen MR) is 151 cm³/mol. The Kier molecular flexibility index (Phi) is 8.88. The van der Waals surface area contributed by atoms with E-state index in [1.807, 2.05) is 24.3 Å². The fraction of sp³-hybridized carbons (Fsp3) is 0.394. The third-order valence-corrected chi connectivity index (χ3v) is 7.34. The molecule has 0 unspecified atom stereocenters. The van der Waals surface area contributed by atoms with Gasteiger partial charge in [-0.15, -0.1) is 0 Å². The van der Waals surface area contributed by atoms with Crippen LogP contribution in [-0.2, 0) is 37.0 Å². The van der Waals surface area contributed by atoms with Crippen molar-refractivity contribution < 1.29 is 19.4 Å². The molecule has 0 spiro atoms. The molecule has 200 valence electrons. The Bertz CT molecular complexity index is 1250. The number of amides is 1. The van der Waals surface area contributed by atoms with Crippen LogP contribution in [0.4, 0.5) is 0 Å². The average Bonchev–Trinajstić information content (AvgIpc) is 3.25. The van der Waals surface area contributed by atoms with E-state index in [1.165, 1.54) is 16.7 Å². The largest absolute Gasteiger partial charge is 0.487 e. The van der Waals surface area contributed by atoms with Crippen LogP contribution < -0.4 is 4.74 Å². The molecule has 1 heterocycles. The summed E-state index contributed by atoms with van der Waals surface area (Å²) in [5.41, 5.74) is 6.03. The number of carbonyl (C=O) groups excluding carboxylic acids is 1. The third-order valence-electron chi connectivity index (χ3n) is 7.34. The maximum absolute atomic E-state index is 13.6. The molecular weight excluding hydrogens is 474 g/mol. The Labute approximate surface area is 226 Å². The number of unbranched alkanes of at least 4 members (excludes halogenated alkanes) is 1. The topological polar surface area (TPSA) is 66.8 Å². The molecule has 1 aliphatic rings. The van der Waals surface area contributed by atoms with E-state index in [9.17, 15) is 14.7 Å². The fourth-order valence-corrected chi connectivity index (χ4v) is 5.16. The van der Waals surface area contributed by atoms with Crippen LogP contribution >= 0.6 is 0 Å². The smallest absolute Gasteiger partial charge is 0.305 e. The van der Waals surface area contributed by atoms with Crippen molar-refractivity contribution in [3.63, 3.8) is 0 Å². The summed E-state index contributed by atoms with van der Waals surface area (Å²) in [5, 5.41) is 9.28. The minimum Gasteiger partial charge on any atom is -0.487 e. The highest BCUT2D eigenvalue weighted by atomic mass is 16.5. The Morgan fingerprint density at radius 2 is 1.58 bits per heavy atom. The number of fused-ring (bicyclic) bond motifs is 1. The van der Waals surface area contributed by atoms with Crippen molar-refractivity contribution in [2.45, 2.75) is 77.9 Å². The summed E-state index contributed by atoms with van der Waals surface area (Å²) in [6.45, 7) is 6.98. The van der Waals surface area contributed by atoms with Gasteiger partial charge in [-0.3, -0.25) is 9.59 Å². The number of carboxylic acid groups (broad SMARTS) is 1. The van der Waals surface area contributed by atoms with Crippen molar-refractivity contribution in [1.29, 1.82) is 0 Å². The number of hydrogen-bond acceptors (Lipinski definition) is 3. The minimum atomic E-state index is -0.914. The number of hydrogen-bond donors (Lipinski definition) is 1. The van der Waals surface area contributed by atoms with Crippen molar-refractivity contribution >= 4 is 11.9 Å². The molecule has 1 aliphatic heterocycles. The number of rotatable bonds is 12. The number of carbonyl (C=O) groups is 2. The molecule has 4 rings (SSSR count). The van der Waals surface area contributed by atoms with Gasteiger partial charge in [0.15, 0.2) is 0 Å². The molecule has 3 aromatic rings. The standard InChI is InChI=1S/C33H39NO4/c1-4-6-7-25-10-14-27(15-11-25)23-34(19-18-31(35)36)32(37)28-16-17-30-29(20-28)22-33(3,38-30)21-26-12-8-24(5-2)9-13-26/h8-17,20H,4-7,18-19,21-23H2,1-3H3,(H,35,36)/t33-/m0/s1. The highest BCUT2D eigenvalue weighted by Gasteiger charge is 2.35. The molecule has 3 aromatic carbocycles. The van der Waals surface area contributed by atoms with Crippen LogP contribution in [0.3, 0.4) is 0 Å². The molecule has 38 heavy (non-hydrogen) atoms. The lowest BCUT2D eigenvalue weighted by molar-refractivity contribution is -0.137. The summed E-state index contributed by atoms with van der Waals surface area (Å²) in [4.78, 5) is 26.5. The molecule has 5 nitrogen and oxygen atoms in total. The van der Waals surface area contributed by atoms with Crippen LogP contribution in [0.1, 0.15) is 78.2 Å². The van der Waals surface area contributed by atoms with E-state index in [0.29, 0.717) is 18.5 Å². The monoisotopic (exact) mass is 513 g/mol. The molecule has 1 amide bonds. The van der Waals surface area contributed by atoms with E-state index in [0.717, 1.165) is 49.0 Å². The second-order valence-electron chi connectivity index (χ2n) is 10.7. The van der Waals surface area contributed by atoms with Crippen LogP contribution in [-0.4, -0.2) is 34.0 Å². The molecule has 0 saturated heterocycles. The average molecular weight is 514 g/mol. The van der Waals surface area contributed by atoms with Crippen LogP contribution in [0.15, 0.2) is 66.7 Å². The predicted octanol–water partition coefficient (Wildman–Crippen LogP) is 6.65. The van der Waals surface area contributed by atoms with E-state index in [-0.39, 0.29) is 24.5 Å². The lowest BCUT2D eigenvalue weighted by Gasteiger charge is -2.24. The lowest BCUT2D eigenvalue weighted by atomic mass is 9.91. The second kappa shape index (κ2) is 12.3. The van der Waals surface area contributed by atoms with Gasteiger partial charge in [0.1, 0.15) is 11.4 Å². The fourth-order valence-electron chi connectivity index (χ4n) is 5.16.